The quantitative estimate of drug-likeness (QED) is 0.337. The van der Waals surface area contributed by atoms with E-state index in [2.05, 4.69) is 10.3 Å². The molecule has 0 saturated heterocycles. The summed E-state index contributed by atoms with van der Waals surface area (Å²) in [4.78, 5) is 56.3. The summed E-state index contributed by atoms with van der Waals surface area (Å²) >= 11 is 2.28. The van der Waals surface area contributed by atoms with Gasteiger partial charge >= 0.3 is 11.9 Å². The lowest BCUT2D eigenvalue weighted by Crippen LogP contribution is -2.28. The molecule has 4 aromatic rings. The predicted octanol–water partition coefficient (Wildman–Crippen LogP) is 4.49. The molecule has 0 radical (unpaired) electrons. The third kappa shape index (κ3) is 4.93. The summed E-state index contributed by atoms with van der Waals surface area (Å²) in [5.41, 5.74) is 1.72. The highest BCUT2D eigenvalue weighted by Crippen LogP contribution is 2.34. The second-order valence-electron chi connectivity index (χ2n) is 7.62. The molecule has 0 unspecified atom stereocenters. The number of aromatic nitrogens is 2. The first-order valence-corrected chi connectivity index (χ1v) is 12.8. The van der Waals surface area contributed by atoms with E-state index in [-0.39, 0.29) is 40.8 Å². The molecule has 0 bridgehead atoms. The fourth-order valence-corrected chi connectivity index (χ4v) is 5.68. The summed E-state index contributed by atoms with van der Waals surface area (Å²) in [7, 11) is 0. The molecule has 0 aliphatic rings. The highest BCUT2D eigenvalue weighted by molar-refractivity contribution is 7.18. The number of hydrogen-bond acceptors (Lipinski definition) is 9. The maximum absolute atomic E-state index is 13.3. The van der Waals surface area contributed by atoms with E-state index in [1.165, 1.54) is 22.2 Å². The van der Waals surface area contributed by atoms with Gasteiger partial charge in [-0.2, -0.15) is 0 Å². The van der Waals surface area contributed by atoms with Crippen LogP contribution in [0.3, 0.4) is 0 Å². The zero-order valence-corrected chi connectivity index (χ0v) is 21.5. The number of esters is 2. The van der Waals surface area contributed by atoms with Crippen LogP contribution in [0.15, 0.2) is 46.8 Å². The van der Waals surface area contributed by atoms with E-state index in [1.54, 1.807) is 20.8 Å². The van der Waals surface area contributed by atoms with Crippen molar-refractivity contribution < 1.29 is 23.9 Å². The molecule has 0 atom stereocenters. The van der Waals surface area contributed by atoms with Crippen molar-refractivity contribution in [1.29, 1.82) is 0 Å². The van der Waals surface area contributed by atoms with Crippen molar-refractivity contribution in [1.82, 2.24) is 9.55 Å². The average molecular weight is 526 g/mol. The number of carbonyl (C=O) groups excluding carboxylic acids is 3. The molecular weight excluding hydrogens is 502 g/mol. The highest BCUT2D eigenvalue weighted by atomic mass is 32.1. The molecule has 0 spiro atoms. The molecule has 3 aromatic heterocycles. The molecule has 186 valence electrons. The minimum atomic E-state index is -0.664. The largest absolute Gasteiger partial charge is 0.462 e. The van der Waals surface area contributed by atoms with Crippen LogP contribution in [0.4, 0.5) is 5.00 Å². The fourth-order valence-electron chi connectivity index (χ4n) is 3.67. The first-order chi connectivity index (χ1) is 17.3. The van der Waals surface area contributed by atoms with E-state index in [1.807, 2.05) is 35.7 Å². The van der Waals surface area contributed by atoms with Crippen molar-refractivity contribution in [3.05, 3.63) is 68.4 Å². The Hall–Kier alpha value is -3.83. The van der Waals surface area contributed by atoms with Gasteiger partial charge in [-0.1, -0.05) is 30.3 Å². The van der Waals surface area contributed by atoms with Gasteiger partial charge in [-0.25, -0.2) is 14.6 Å². The number of ether oxygens (including phenoxy) is 2. The van der Waals surface area contributed by atoms with Gasteiger partial charge in [0.15, 0.2) is 0 Å². The van der Waals surface area contributed by atoms with E-state index in [4.69, 9.17) is 9.47 Å². The van der Waals surface area contributed by atoms with E-state index in [0.29, 0.717) is 15.8 Å². The van der Waals surface area contributed by atoms with E-state index < -0.39 is 17.8 Å². The number of nitrogens with one attached hydrogen (secondary N) is 1. The second kappa shape index (κ2) is 10.8. The van der Waals surface area contributed by atoms with Crippen LogP contribution in [-0.2, 0) is 20.8 Å². The number of nitrogens with zero attached hydrogens (tertiary/aromatic N) is 2. The number of rotatable bonds is 8. The summed E-state index contributed by atoms with van der Waals surface area (Å²) in [6.45, 7) is 4.89. The molecule has 1 aromatic carbocycles. The standard InChI is InChI=1S/C25H23N3O6S2/c1-4-33-24(31)18-14(3)20(25(32)34-5-2)36-22(18)27-17(29)11-28-13-26-21-19(23(28)30)16(12-35-21)15-9-7-6-8-10-15/h6-10,12-13H,4-5,11H2,1-3H3,(H,27,29). The van der Waals surface area contributed by atoms with E-state index >= 15 is 0 Å². The third-order valence-corrected chi connectivity index (χ3v) is 7.37. The maximum atomic E-state index is 13.3. The van der Waals surface area contributed by atoms with Crippen molar-refractivity contribution in [3.63, 3.8) is 0 Å². The van der Waals surface area contributed by atoms with Gasteiger partial charge < -0.3 is 14.8 Å². The zero-order valence-electron chi connectivity index (χ0n) is 19.8. The summed E-state index contributed by atoms with van der Waals surface area (Å²) in [5.74, 6) is -1.82. The van der Waals surface area contributed by atoms with Crippen LogP contribution < -0.4 is 10.9 Å². The molecular formula is C25H23N3O6S2. The SMILES string of the molecule is CCOC(=O)c1sc(NC(=O)Cn2cnc3scc(-c4ccccc4)c3c2=O)c(C(=O)OCC)c1C. The lowest BCUT2D eigenvalue weighted by atomic mass is 10.1. The molecule has 1 amide bonds. The molecule has 0 saturated carbocycles. The maximum Gasteiger partial charge on any atom is 0.348 e. The average Bonchev–Trinajstić information content (AvgIpc) is 3.43. The van der Waals surface area contributed by atoms with E-state index in [9.17, 15) is 19.2 Å². The van der Waals surface area contributed by atoms with Gasteiger partial charge in [0.05, 0.1) is 30.5 Å². The van der Waals surface area contributed by atoms with Gasteiger partial charge in [-0.05, 0) is 31.9 Å². The van der Waals surface area contributed by atoms with Crippen LogP contribution in [0, 0.1) is 6.92 Å². The van der Waals surface area contributed by atoms with Gasteiger partial charge in [0.1, 0.15) is 21.3 Å². The van der Waals surface area contributed by atoms with Crippen LogP contribution in [0.2, 0.25) is 0 Å². The van der Waals surface area contributed by atoms with Crippen molar-refractivity contribution in [3.8, 4) is 11.1 Å². The molecule has 0 aliphatic heterocycles. The fraction of sp³-hybridized carbons (Fsp3) is 0.240. The monoisotopic (exact) mass is 525 g/mol. The minimum absolute atomic E-state index is 0.0865. The van der Waals surface area contributed by atoms with Gasteiger partial charge in [-0.15, -0.1) is 22.7 Å². The van der Waals surface area contributed by atoms with Crippen LogP contribution in [-0.4, -0.2) is 40.6 Å². The topological polar surface area (TPSA) is 117 Å². The Morgan fingerprint density at radius 2 is 1.75 bits per heavy atom. The van der Waals surface area contributed by atoms with Crippen molar-refractivity contribution in [2.24, 2.45) is 0 Å². The smallest absolute Gasteiger partial charge is 0.348 e. The van der Waals surface area contributed by atoms with Gasteiger partial charge in [0.2, 0.25) is 5.91 Å². The van der Waals surface area contributed by atoms with Gasteiger partial charge in [-0.3, -0.25) is 14.2 Å². The van der Waals surface area contributed by atoms with Crippen molar-refractivity contribution in [2.45, 2.75) is 27.3 Å². The Balaban J connectivity index is 1.65. The Morgan fingerprint density at radius 3 is 2.44 bits per heavy atom. The number of anilines is 1. The normalized spacial score (nSPS) is 10.9. The first-order valence-electron chi connectivity index (χ1n) is 11.1. The highest BCUT2D eigenvalue weighted by Gasteiger charge is 2.27. The molecule has 3 heterocycles. The zero-order chi connectivity index (χ0) is 25.8. The Bertz CT molecular complexity index is 1500. The number of amides is 1. The van der Waals surface area contributed by atoms with Crippen LogP contribution in [0.5, 0.6) is 0 Å². The number of benzene rings is 1. The van der Waals surface area contributed by atoms with Crippen LogP contribution >= 0.6 is 22.7 Å². The lowest BCUT2D eigenvalue weighted by molar-refractivity contribution is -0.116. The number of hydrogen-bond donors (Lipinski definition) is 1. The van der Waals surface area contributed by atoms with Gasteiger partial charge in [0, 0.05) is 10.9 Å². The summed E-state index contributed by atoms with van der Waals surface area (Å²) < 4.78 is 11.4. The molecule has 0 fully saturated rings. The number of fused-ring (bicyclic) bond motifs is 1. The molecule has 4 rings (SSSR count). The summed E-state index contributed by atoms with van der Waals surface area (Å²) in [6.07, 6.45) is 1.32. The Kier molecular flexibility index (Phi) is 7.61. The van der Waals surface area contributed by atoms with Crippen molar-refractivity contribution in [2.75, 3.05) is 18.5 Å². The van der Waals surface area contributed by atoms with Crippen LogP contribution in [0.1, 0.15) is 39.4 Å². The van der Waals surface area contributed by atoms with Crippen molar-refractivity contribution >= 4 is 55.7 Å². The second-order valence-corrected chi connectivity index (χ2v) is 9.50. The predicted molar refractivity (Wildman–Crippen MR) is 139 cm³/mol. The number of carbonyl (C=O) groups is 3. The molecule has 9 nitrogen and oxygen atoms in total. The molecule has 36 heavy (non-hydrogen) atoms. The molecule has 1 N–H and O–H groups in total. The third-order valence-electron chi connectivity index (χ3n) is 5.30. The van der Waals surface area contributed by atoms with Gasteiger partial charge in [0.25, 0.3) is 5.56 Å². The Morgan fingerprint density at radius 1 is 1.06 bits per heavy atom. The first kappa shape index (κ1) is 25.3. The molecule has 11 heteroatoms. The van der Waals surface area contributed by atoms with E-state index in [0.717, 1.165) is 22.5 Å². The summed E-state index contributed by atoms with van der Waals surface area (Å²) in [5, 5.41) is 5.12. The Labute approximate surface area is 214 Å². The lowest BCUT2D eigenvalue weighted by Gasteiger charge is -2.09. The number of thiophene rings is 2. The summed E-state index contributed by atoms with van der Waals surface area (Å²) in [6, 6.07) is 9.47. The minimum Gasteiger partial charge on any atom is -0.462 e. The van der Waals surface area contributed by atoms with Crippen LogP contribution in [0.25, 0.3) is 21.3 Å². The molecule has 0 aliphatic carbocycles.